The van der Waals surface area contributed by atoms with Crippen molar-refractivity contribution in [3.05, 3.63) is 53.6 Å². The van der Waals surface area contributed by atoms with Crippen LogP contribution in [0.5, 0.6) is 5.75 Å². The van der Waals surface area contributed by atoms with E-state index in [-0.39, 0.29) is 11.7 Å². The first-order chi connectivity index (χ1) is 14.6. The Balaban J connectivity index is 1.47. The summed E-state index contributed by atoms with van der Waals surface area (Å²) in [5.74, 6) is 0.479. The van der Waals surface area contributed by atoms with Gasteiger partial charge in [-0.05, 0) is 87.2 Å². The van der Waals surface area contributed by atoms with Gasteiger partial charge in [-0.25, -0.2) is 4.39 Å². The first-order valence-electron chi connectivity index (χ1n) is 12.1. The van der Waals surface area contributed by atoms with E-state index in [4.69, 9.17) is 4.74 Å². The zero-order valence-corrected chi connectivity index (χ0v) is 18.7. The molecule has 0 spiro atoms. The van der Waals surface area contributed by atoms with Crippen molar-refractivity contribution in [2.75, 3.05) is 6.61 Å². The Bertz CT molecular complexity index is 716. The second kappa shape index (κ2) is 11.7. The zero-order valence-electron chi connectivity index (χ0n) is 18.7. The van der Waals surface area contributed by atoms with Gasteiger partial charge in [-0.1, -0.05) is 56.6 Å². The van der Waals surface area contributed by atoms with Gasteiger partial charge in [0, 0.05) is 0 Å². The van der Waals surface area contributed by atoms with E-state index in [0.29, 0.717) is 24.0 Å². The highest BCUT2D eigenvalue weighted by molar-refractivity contribution is 5.33. The number of unbranched alkanes of at least 4 members (excludes halogenated alkanes) is 2. The van der Waals surface area contributed by atoms with Gasteiger partial charge in [-0.2, -0.15) is 4.39 Å². The summed E-state index contributed by atoms with van der Waals surface area (Å²) in [4.78, 5) is 0. The molecule has 1 aromatic carbocycles. The summed E-state index contributed by atoms with van der Waals surface area (Å²) >= 11 is 0. The summed E-state index contributed by atoms with van der Waals surface area (Å²) in [5, 5.41) is 0. The topological polar surface area (TPSA) is 9.23 Å². The molecule has 3 rings (SSSR count). The van der Waals surface area contributed by atoms with Crippen LogP contribution in [-0.2, 0) is 0 Å². The Kier molecular flexibility index (Phi) is 8.96. The number of hydrogen-bond donors (Lipinski definition) is 0. The third-order valence-corrected chi connectivity index (χ3v) is 6.90. The summed E-state index contributed by atoms with van der Waals surface area (Å²) in [5.41, 5.74) is 0.516. The van der Waals surface area contributed by atoms with Crippen LogP contribution < -0.4 is 4.74 Å². The minimum absolute atomic E-state index is 0.0171. The first kappa shape index (κ1) is 23.0. The van der Waals surface area contributed by atoms with Gasteiger partial charge in [-0.3, -0.25) is 0 Å². The second-order valence-electron chi connectivity index (χ2n) is 9.09. The molecule has 2 atom stereocenters. The van der Waals surface area contributed by atoms with Crippen LogP contribution >= 0.6 is 0 Å². The maximum absolute atomic E-state index is 14.5. The molecule has 0 amide bonds. The van der Waals surface area contributed by atoms with Crippen LogP contribution in [0.25, 0.3) is 0 Å². The molecule has 3 heteroatoms. The molecule has 0 bridgehead atoms. The van der Waals surface area contributed by atoms with Crippen molar-refractivity contribution in [3.8, 4) is 5.75 Å². The molecular weight excluding hydrogens is 378 g/mol. The largest absolute Gasteiger partial charge is 0.491 e. The van der Waals surface area contributed by atoms with Gasteiger partial charge in [0.15, 0.2) is 11.6 Å². The summed E-state index contributed by atoms with van der Waals surface area (Å²) in [6.07, 6.45) is 21.5. The van der Waals surface area contributed by atoms with E-state index < -0.39 is 11.6 Å². The summed E-state index contributed by atoms with van der Waals surface area (Å²) in [6, 6.07) is 3.29. The molecule has 30 heavy (non-hydrogen) atoms. The van der Waals surface area contributed by atoms with Crippen molar-refractivity contribution in [2.45, 2.75) is 84.0 Å². The highest BCUT2D eigenvalue weighted by Crippen LogP contribution is 2.39. The fourth-order valence-corrected chi connectivity index (χ4v) is 5.01. The van der Waals surface area contributed by atoms with Gasteiger partial charge in [0.05, 0.1) is 6.61 Å². The molecule has 2 aliphatic carbocycles. The summed E-state index contributed by atoms with van der Waals surface area (Å²) in [6.45, 7) is 4.37. The number of hydrogen-bond acceptors (Lipinski definition) is 1. The lowest BCUT2D eigenvalue weighted by atomic mass is 9.77. The van der Waals surface area contributed by atoms with Crippen molar-refractivity contribution in [2.24, 2.45) is 17.8 Å². The smallest absolute Gasteiger partial charge is 0.200 e. The van der Waals surface area contributed by atoms with Crippen molar-refractivity contribution < 1.29 is 13.5 Å². The Labute approximate surface area is 181 Å². The van der Waals surface area contributed by atoms with Crippen LogP contribution in [0.4, 0.5) is 8.78 Å². The van der Waals surface area contributed by atoms with E-state index in [0.717, 1.165) is 31.6 Å². The number of halogens is 2. The Morgan fingerprint density at radius 2 is 1.70 bits per heavy atom. The van der Waals surface area contributed by atoms with E-state index in [1.165, 1.54) is 38.5 Å². The molecule has 2 aliphatic rings. The van der Waals surface area contributed by atoms with Gasteiger partial charge in [0.25, 0.3) is 0 Å². The fraction of sp³-hybridized carbons (Fsp3) is 0.630. The van der Waals surface area contributed by atoms with Gasteiger partial charge < -0.3 is 4.74 Å². The number of ether oxygens (including phenoxy) is 1. The summed E-state index contributed by atoms with van der Waals surface area (Å²) in [7, 11) is 0. The molecule has 0 heterocycles. The maximum Gasteiger partial charge on any atom is 0.200 e. The zero-order chi connectivity index (χ0) is 21.3. The third-order valence-electron chi connectivity index (χ3n) is 6.90. The predicted octanol–water partition coefficient (Wildman–Crippen LogP) is 8.36. The Morgan fingerprint density at radius 1 is 0.900 bits per heavy atom. The number of benzene rings is 1. The highest BCUT2D eigenvalue weighted by atomic mass is 19.2. The van der Waals surface area contributed by atoms with Crippen LogP contribution in [0.3, 0.4) is 0 Å². The van der Waals surface area contributed by atoms with Crippen molar-refractivity contribution in [1.29, 1.82) is 0 Å². The lowest BCUT2D eigenvalue weighted by molar-refractivity contribution is 0.310. The molecule has 2 unspecified atom stereocenters. The molecule has 1 fully saturated rings. The number of allylic oxidation sites excluding steroid dienone is 4. The van der Waals surface area contributed by atoms with Crippen LogP contribution in [0.15, 0.2) is 36.4 Å². The van der Waals surface area contributed by atoms with E-state index in [9.17, 15) is 8.78 Å². The van der Waals surface area contributed by atoms with Crippen LogP contribution in [0, 0.1) is 29.4 Å². The maximum atomic E-state index is 14.5. The Morgan fingerprint density at radius 3 is 2.37 bits per heavy atom. The van der Waals surface area contributed by atoms with Gasteiger partial charge in [-0.15, -0.1) is 0 Å². The van der Waals surface area contributed by atoms with E-state index in [1.54, 1.807) is 19.1 Å². The molecule has 166 valence electrons. The SMILES string of the molecule is CCCCCC1C=CC(C=CC2CCC(c3ccc(OCC)c(F)c3F)CC2)CC1. The fourth-order valence-electron chi connectivity index (χ4n) is 5.01. The van der Waals surface area contributed by atoms with Crippen LogP contribution in [0.2, 0.25) is 0 Å². The van der Waals surface area contributed by atoms with Crippen LogP contribution in [-0.4, -0.2) is 6.61 Å². The van der Waals surface area contributed by atoms with Crippen LogP contribution in [0.1, 0.15) is 89.5 Å². The lowest BCUT2D eigenvalue weighted by Gasteiger charge is -2.28. The molecule has 0 aromatic heterocycles. The average Bonchev–Trinajstić information content (AvgIpc) is 2.77. The van der Waals surface area contributed by atoms with Crippen molar-refractivity contribution >= 4 is 0 Å². The highest BCUT2D eigenvalue weighted by Gasteiger charge is 2.26. The Hall–Kier alpha value is -1.64. The van der Waals surface area contributed by atoms with E-state index in [1.807, 2.05) is 0 Å². The van der Waals surface area contributed by atoms with Gasteiger partial charge >= 0.3 is 0 Å². The monoisotopic (exact) mass is 416 g/mol. The molecule has 1 nitrogen and oxygen atoms in total. The number of rotatable bonds is 9. The van der Waals surface area contributed by atoms with Crippen molar-refractivity contribution in [3.63, 3.8) is 0 Å². The van der Waals surface area contributed by atoms with Gasteiger partial charge in [0.2, 0.25) is 5.82 Å². The third kappa shape index (κ3) is 6.18. The molecule has 0 N–H and O–H groups in total. The van der Waals surface area contributed by atoms with Gasteiger partial charge in [0.1, 0.15) is 0 Å². The molecule has 0 aliphatic heterocycles. The minimum atomic E-state index is -0.839. The lowest BCUT2D eigenvalue weighted by Crippen LogP contribution is -2.14. The molecular formula is C27H38F2O. The second-order valence-corrected chi connectivity index (χ2v) is 9.09. The standard InChI is InChI=1S/C27H38F2O/c1-3-5-6-7-20-8-10-21(11-9-20)12-13-22-14-16-23(17-15-22)24-18-19-25(30-4-2)27(29)26(24)28/h8,10,12-13,18-23H,3-7,9,11,14-17H2,1-2H3. The molecule has 0 saturated heterocycles. The first-order valence-corrected chi connectivity index (χ1v) is 12.1. The average molecular weight is 417 g/mol. The van der Waals surface area contributed by atoms with E-state index >= 15 is 0 Å². The minimum Gasteiger partial charge on any atom is -0.491 e. The molecule has 1 saturated carbocycles. The quantitative estimate of drug-likeness (QED) is 0.290. The molecule has 0 radical (unpaired) electrons. The van der Waals surface area contributed by atoms with E-state index in [2.05, 4.69) is 31.2 Å². The normalized spacial score (nSPS) is 26.9. The predicted molar refractivity (Wildman–Crippen MR) is 121 cm³/mol. The molecule has 1 aromatic rings. The summed E-state index contributed by atoms with van der Waals surface area (Å²) < 4.78 is 33.9. The van der Waals surface area contributed by atoms with Crippen molar-refractivity contribution in [1.82, 2.24) is 0 Å².